The summed E-state index contributed by atoms with van der Waals surface area (Å²) in [6.45, 7) is 1.15. The van der Waals surface area contributed by atoms with Gasteiger partial charge in [0.15, 0.2) is 0 Å². The number of hydrogen-bond donors (Lipinski definition) is 2. The lowest BCUT2D eigenvalue weighted by Gasteiger charge is -2.31. The van der Waals surface area contributed by atoms with Gasteiger partial charge in [-0.05, 0) is 37.3 Å². The topological polar surface area (TPSA) is 74.4 Å². The lowest BCUT2D eigenvalue weighted by molar-refractivity contribution is 0.0861. The van der Waals surface area contributed by atoms with Crippen LogP contribution in [0.2, 0.25) is 0 Å². The van der Waals surface area contributed by atoms with Crippen LogP contribution in [0.15, 0.2) is 29.2 Å². The summed E-state index contributed by atoms with van der Waals surface area (Å²) in [6.07, 6.45) is 3.39. The van der Waals surface area contributed by atoms with Gasteiger partial charge in [0.2, 0.25) is 0 Å². The van der Waals surface area contributed by atoms with Gasteiger partial charge in [0.1, 0.15) is 5.69 Å². The van der Waals surface area contributed by atoms with E-state index in [9.17, 15) is 9.59 Å². The molecule has 1 aromatic carbocycles. The fourth-order valence-electron chi connectivity index (χ4n) is 3.01. The summed E-state index contributed by atoms with van der Waals surface area (Å²) >= 11 is 1.66. The number of nitrogens with zero attached hydrogens (tertiary/aromatic N) is 1. The van der Waals surface area contributed by atoms with E-state index in [4.69, 9.17) is 4.74 Å². The van der Waals surface area contributed by atoms with Crippen molar-refractivity contribution in [2.75, 3.05) is 26.5 Å². The quantitative estimate of drug-likeness (QED) is 0.837. The highest BCUT2D eigenvalue weighted by Gasteiger charge is 2.25. The second kappa shape index (κ2) is 7.17. The molecule has 1 fully saturated rings. The zero-order valence-corrected chi connectivity index (χ0v) is 14.6. The van der Waals surface area contributed by atoms with Crippen molar-refractivity contribution in [1.82, 2.24) is 15.2 Å². The van der Waals surface area contributed by atoms with Crippen molar-refractivity contribution in [2.24, 2.45) is 0 Å². The number of amides is 2. The first-order valence-electron chi connectivity index (χ1n) is 7.91. The summed E-state index contributed by atoms with van der Waals surface area (Å²) in [5.41, 5.74) is 1.49. The van der Waals surface area contributed by atoms with E-state index in [2.05, 4.69) is 10.3 Å². The minimum absolute atomic E-state index is 0.0569. The van der Waals surface area contributed by atoms with Gasteiger partial charge in [-0.3, -0.25) is 4.79 Å². The van der Waals surface area contributed by atoms with Crippen molar-refractivity contribution in [3.8, 4) is 0 Å². The minimum Gasteiger partial charge on any atom is -0.453 e. The SMILES string of the molecule is COC(=O)N1CCCC(NC(=O)c2cc3ccc(SC)cc3[nH]2)C1. The number of rotatable bonds is 3. The molecule has 0 bridgehead atoms. The molecule has 2 amide bonds. The van der Waals surface area contributed by atoms with Gasteiger partial charge in [-0.1, -0.05) is 6.07 Å². The number of likely N-dealkylation sites (tertiary alicyclic amines) is 1. The summed E-state index contributed by atoms with van der Waals surface area (Å²) in [4.78, 5) is 30.1. The van der Waals surface area contributed by atoms with Crippen LogP contribution in [0.25, 0.3) is 10.9 Å². The monoisotopic (exact) mass is 347 g/mol. The Labute approximate surface area is 144 Å². The Morgan fingerprint density at radius 1 is 1.38 bits per heavy atom. The van der Waals surface area contributed by atoms with Crippen molar-refractivity contribution in [1.29, 1.82) is 0 Å². The predicted octanol–water partition coefficient (Wildman–Crippen LogP) is 2.85. The highest BCUT2D eigenvalue weighted by atomic mass is 32.2. The molecule has 0 radical (unpaired) electrons. The van der Waals surface area contributed by atoms with Gasteiger partial charge >= 0.3 is 6.09 Å². The van der Waals surface area contributed by atoms with Crippen molar-refractivity contribution in [3.63, 3.8) is 0 Å². The van der Waals surface area contributed by atoms with Crippen LogP contribution >= 0.6 is 11.8 Å². The van der Waals surface area contributed by atoms with E-state index in [1.54, 1.807) is 16.7 Å². The smallest absolute Gasteiger partial charge is 0.409 e. The fourth-order valence-corrected chi connectivity index (χ4v) is 3.45. The summed E-state index contributed by atoms with van der Waals surface area (Å²) in [5, 5.41) is 4.02. The first-order valence-corrected chi connectivity index (χ1v) is 9.13. The molecule has 1 saturated heterocycles. The van der Waals surface area contributed by atoms with Crippen LogP contribution in [0.5, 0.6) is 0 Å². The molecule has 128 valence electrons. The number of nitrogens with one attached hydrogen (secondary N) is 2. The van der Waals surface area contributed by atoms with Crippen LogP contribution in [0.4, 0.5) is 4.79 Å². The molecular formula is C17H21N3O3S. The summed E-state index contributed by atoms with van der Waals surface area (Å²) < 4.78 is 4.76. The van der Waals surface area contributed by atoms with Gasteiger partial charge in [-0.2, -0.15) is 0 Å². The van der Waals surface area contributed by atoms with Crippen LogP contribution in [-0.2, 0) is 4.74 Å². The van der Waals surface area contributed by atoms with E-state index >= 15 is 0 Å². The molecule has 24 heavy (non-hydrogen) atoms. The van der Waals surface area contributed by atoms with Crippen molar-refractivity contribution in [2.45, 2.75) is 23.8 Å². The van der Waals surface area contributed by atoms with Gasteiger partial charge in [0, 0.05) is 34.9 Å². The molecule has 2 N–H and O–H groups in total. The molecule has 1 aromatic heterocycles. The molecule has 0 spiro atoms. The first-order chi connectivity index (χ1) is 11.6. The zero-order chi connectivity index (χ0) is 17.1. The fraction of sp³-hybridized carbons (Fsp3) is 0.412. The van der Waals surface area contributed by atoms with Crippen molar-refractivity contribution >= 4 is 34.7 Å². The molecular weight excluding hydrogens is 326 g/mol. The van der Waals surface area contributed by atoms with E-state index < -0.39 is 0 Å². The number of fused-ring (bicyclic) bond motifs is 1. The third-order valence-electron chi connectivity index (χ3n) is 4.26. The van der Waals surface area contributed by atoms with Gasteiger partial charge in [0.05, 0.1) is 7.11 Å². The lowest BCUT2D eigenvalue weighted by Crippen LogP contribution is -2.49. The third-order valence-corrected chi connectivity index (χ3v) is 4.99. The number of H-pyrrole nitrogens is 1. The molecule has 1 aliphatic heterocycles. The van der Waals surface area contributed by atoms with Crippen LogP contribution in [0.1, 0.15) is 23.3 Å². The Kier molecular flexibility index (Phi) is 4.99. The lowest BCUT2D eigenvalue weighted by atomic mass is 10.1. The summed E-state index contributed by atoms with van der Waals surface area (Å²) in [5.74, 6) is -0.145. The summed E-state index contributed by atoms with van der Waals surface area (Å²) in [6, 6.07) is 7.89. The van der Waals surface area contributed by atoms with Crippen LogP contribution < -0.4 is 5.32 Å². The minimum atomic E-state index is -0.343. The van der Waals surface area contributed by atoms with Gasteiger partial charge in [-0.15, -0.1) is 11.8 Å². The maximum Gasteiger partial charge on any atom is 0.409 e. The van der Waals surface area contributed by atoms with Gasteiger partial charge in [0.25, 0.3) is 5.91 Å². The number of hydrogen-bond acceptors (Lipinski definition) is 4. The average Bonchev–Trinajstić information content (AvgIpc) is 3.04. The molecule has 1 atom stereocenters. The number of aromatic amines is 1. The Balaban J connectivity index is 1.69. The standard InChI is InChI=1S/C17H21N3O3S/c1-23-17(22)20-7-3-4-12(10-20)18-16(21)15-8-11-5-6-13(24-2)9-14(11)19-15/h5-6,8-9,12,19H,3-4,7,10H2,1-2H3,(H,18,21). The second-order valence-electron chi connectivity index (χ2n) is 5.86. The van der Waals surface area contributed by atoms with Gasteiger partial charge < -0.3 is 19.9 Å². The number of methoxy groups -OCH3 is 1. The maximum atomic E-state index is 12.5. The average molecular weight is 347 g/mol. The molecule has 2 aromatic rings. The first kappa shape index (κ1) is 16.7. The zero-order valence-electron chi connectivity index (χ0n) is 13.8. The number of carbonyl (C=O) groups is 2. The molecule has 2 heterocycles. The maximum absolute atomic E-state index is 12.5. The van der Waals surface area contributed by atoms with Crippen LogP contribution in [0.3, 0.4) is 0 Å². The molecule has 1 aliphatic rings. The Bertz CT molecular complexity index is 759. The van der Waals surface area contributed by atoms with Gasteiger partial charge in [-0.25, -0.2) is 4.79 Å². The van der Waals surface area contributed by atoms with Crippen LogP contribution in [-0.4, -0.2) is 54.4 Å². The number of benzene rings is 1. The van der Waals surface area contributed by atoms with E-state index in [0.717, 1.165) is 28.6 Å². The predicted molar refractivity (Wildman–Crippen MR) is 94.5 cm³/mol. The van der Waals surface area contributed by atoms with Crippen molar-refractivity contribution in [3.05, 3.63) is 30.0 Å². The highest BCUT2D eigenvalue weighted by Crippen LogP contribution is 2.22. The van der Waals surface area contributed by atoms with E-state index in [1.807, 2.05) is 30.5 Å². The van der Waals surface area contributed by atoms with Crippen molar-refractivity contribution < 1.29 is 14.3 Å². The van der Waals surface area contributed by atoms with E-state index in [-0.39, 0.29) is 18.0 Å². The number of piperidine rings is 1. The number of ether oxygens (including phenoxy) is 1. The highest BCUT2D eigenvalue weighted by molar-refractivity contribution is 7.98. The molecule has 0 saturated carbocycles. The second-order valence-corrected chi connectivity index (χ2v) is 6.74. The number of aromatic nitrogens is 1. The summed E-state index contributed by atoms with van der Waals surface area (Å²) in [7, 11) is 1.37. The molecule has 3 rings (SSSR count). The Morgan fingerprint density at radius 2 is 2.21 bits per heavy atom. The van der Waals surface area contributed by atoms with E-state index in [1.165, 1.54) is 7.11 Å². The largest absolute Gasteiger partial charge is 0.453 e. The Hall–Kier alpha value is -2.15. The third kappa shape index (κ3) is 3.51. The molecule has 6 nitrogen and oxygen atoms in total. The molecule has 1 unspecified atom stereocenters. The van der Waals surface area contributed by atoms with Crippen LogP contribution in [0, 0.1) is 0 Å². The van der Waals surface area contributed by atoms with E-state index in [0.29, 0.717) is 18.8 Å². The molecule has 7 heteroatoms. The normalized spacial score (nSPS) is 17.8. The molecule has 0 aliphatic carbocycles. The number of carbonyl (C=O) groups excluding carboxylic acids is 2. The Morgan fingerprint density at radius 3 is 2.96 bits per heavy atom. The number of thioether (sulfide) groups is 1.